The van der Waals surface area contributed by atoms with Gasteiger partial charge in [0.2, 0.25) is 11.5 Å². The topological polar surface area (TPSA) is 147 Å². The number of aromatic nitrogens is 4. The van der Waals surface area contributed by atoms with E-state index >= 15 is 0 Å². The van der Waals surface area contributed by atoms with Crippen molar-refractivity contribution in [3.05, 3.63) is 93.2 Å². The second-order valence-corrected chi connectivity index (χ2v) is 16.2. The minimum atomic E-state index is -0.468. The molecule has 3 aromatic heterocycles. The van der Waals surface area contributed by atoms with Gasteiger partial charge in [-0.1, -0.05) is 14.0 Å². The van der Waals surface area contributed by atoms with Crippen molar-refractivity contribution in [2.45, 2.75) is 18.8 Å². The number of ether oxygens (including phenoxy) is 1. The first-order valence-corrected chi connectivity index (χ1v) is 20.3. The van der Waals surface area contributed by atoms with Crippen LogP contribution in [0.25, 0.3) is 16.5 Å². The van der Waals surface area contributed by atoms with Crippen LogP contribution in [0.5, 0.6) is 5.75 Å². The molecule has 1 saturated heterocycles. The number of fused-ring (bicyclic) bond motifs is 1. The van der Waals surface area contributed by atoms with Crippen LogP contribution in [0.15, 0.2) is 76.4 Å². The maximum Gasteiger partial charge on any atom is 0.249 e. The molecule has 52 heavy (non-hydrogen) atoms. The van der Waals surface area contributed by atoms with Gasteiger partial charge in [-0.25, -0.2) is 4.98 Å². The highest BCUT2D eigenvalue weighted by molar-refractivity contribution is 9.10. The second kappa shape index (κ2) is 15.3. The fourth-order valence-corrected chi connectivity index (χ4v) is 8.25. The molecule has 0 atom stereocenters. The van der Waals surface area contributed by atoms with Crippen LogP contribution in [0.3, 0.4) is 0 Å². The Bertz CT molecular complexity index is 2210. The van der Waals surface area contributed by atoms with Crippen LogP contribution in [0.4, 0.5) is 34.5 Å². The van der Waals surface area contributed by atoms with E-state index in [4.69, 9.17) is 20.1 Å². The van der Waals surface area contributed by atoms with Crippen LogP contribution in [-0.4, -0.2) is 79.8 Å². The van der Waals surface area contributed by atoms with Gasteiger partial charge in [0.15, 0.2) is 0 Å². The summed E-state index contributed by atoms with van der Waals surface area (Å²) in [6.45, 7) is 7.43. The minimum absolute atomic E-state index is 0.116. The Labute approximate surface area is 312 Å². The third-order valence-corrected chi connectivity index (χ3v) is 11.3. The van der Waals surface area contributed by atoms with E-state index in [1.807, 2.05) is 31.4 Å². The van der Waals surface area contributed by atoms with E-state index < -0.39 is 7.92 Å². The average Bonchev–Trinajstić information content (AvgIpc) is 4.01. The third kappa shape index (κ3) is 7.47. The fraction of sp³-hybridized carbons (Fsp3) is 0.289. The maximum absolute atomic E-state index is 11.9. The lowest BCUT2D eigenvalue weighted by Gasteiger charge is -2.38. The number of hydrogen-bond acceptors (Lipinski definition) is 11. The molecule has 12 nitrogen and oxygen atoms in total. The molecule has 0 bridgehead atoms. The van der Waals surface area contributed by atoms with Crippen molar-refractivity contribution in [2.24, 2.45) is 0 Å². The van der Waals surface area contributed by atoms with Crippen molar-refractivity contribution >= 4 is 86.4 Å². The fourth-order valence-electron chi connectivity index (χ4n) is 6.67. The summed E-state index contributed by atoms with van der Waals surface area (Å²) in [5.41, 5.74) is 7.16. The molecule has 5 N–H and O–H groups in total. The highest BCUT2D eigenvalue weighted by Gasteiger charge is 2.26. The lowest BCUT2D eigenvalue weighted by molar-refractivity contribution is 0.416. The molecule has 2 fully saturated rings. The van der Waals surface area contributed by atoms with E-state index in [-0.39, 0.29) is 5.56 Å². The molecule has 1 aliphatic carbocycles. The first-order chi connectivity index (χ1) is 25.3. The number of aromatic amines is 1. The monoisotopic (exact) mass is 780 g/mol. The van der Waals surface area contributed by atoms with Crippen molar-refractivity contribution in [3.63, 3.8) is 0 Å². The molecule has 4 heterocycles. The number of nitrogens with one attached hydrogen (secondary N) is 5. The zero-order valence-corrected chi connectivity index (χ0v) is 32.1. The quantitative estimate of drug-likeness (QED) is 0.0681. The zero-order valence-electron chi connectivity index (χ0n) is 29.6. The van der Waals surface area contributed by atoms with E-state index in [1.54, 1.807) is 25.6 Å². The summed E-state index contributed by atoms with van der Waals surface area (Å²) in [5.74, 6) is 2.23. The van der Waals surface area contributed by atoms with Gasteiger partial charge in [-0.15, -0.1) is 0 Å². The van der Waals surface area contributed by atoms with Gasteiger partial charge in [-0.05, 0) is 72.4 Å². The normalized spacial score (nSPS) is 14.8. The molecule has 5 aromatic rings. The Morgan fingerprint density at radius 2 is 1.81 bits per heavy atom. The molecule has 268 valence electrons. The molecule has 1 saturated carbocycles. The first kappa shape index (κ1) is 35.4. The molecule has 2 aliphatic rings. The summed E-state index contributed by atoms with van der Waals surface area (Å²) in [7, 11) is 2.99. The molecular weight excluding hydrogens is 739 g/mol. The van der Waals surface area contributed by atoms with E-state index in [0.717, 1.165) is 58.8 Å². The Morgan fingerprint density at radius 1 is 1.02 bits per heavy atom. The third-order valence-electron chi connectivity index (χ3n) is 9.38. The molecule has 7 rings (SSSR count). The summed E-state index contributed by atoms with van der Waals surface area (Å²) in [5, 5.41) is 20.8. The zero-order chi connectivity index (χ0) is 36.4. The van der Waals surface area contributed by atoms with E-state index in [9.17, 15) is 4.79 Å². The Morgan fingerprint density at radius 3 is 2.50 bits per heavy atom. The van der Waals surface area contributed by atoms with Crippen molar-refractivity contribution in [2.75, 3.05) is 74.1 Å². The average molecular weight is 782 g/mol. The van der Waals surface area contributed by atoms with Crippen LogP contribution in [-0.2, 0) is 0 Å². The summed E-state index contributed by atoms with van der Waals surface area (Å²) >= 11 is 3.67. The molecule has 14 heteroatoms. The molecule has 0 unspecified atom stereocenters. The highest BCUT2D eigenvalue weighted by Crippen LogP contribution is 2.42. The number of halogens is 1. The van der Waals surface area contributed by atoms with Gasteiger partial charge in [0, 0.05) is 121 Å². The Balaban J connectivity index is 1.18. The van der Waals surface area contributed by atoms with E-state index in [1.165, 1.54) is 35.4 Å². The van der Waals surface area contributed by atoms with Crippen molar-refractivity contribution in [3.8, 4) is 5.75 Å². The lowest BCUT2D eigenvalue weighted by Crippen LogP contribution is -2.47. The number of H-pyrrole nitrogens is 1. The number of methoxy groups -OCH3 is 1. The predicted octanol–water partition coefficient (Wildman–Crippen LogP) is 6.75. The number of nitrogens with zero attached hydrogens (tertiary/aromatic N) is 5. The number of anilines is 6. The van der Waals surface area contributed by atoms with Gasteiger partial charge < -0.3 is 40.9 Å². The van der Waals surface area contributed by atoms with Crippen molar-refractivity contribution in [1.29, 1.82) is 5.41 Å². The highest BCUT2D eigenvalue weighted by atomic mass is 79.9. The summed E-state index contributed by atoms with van der Waals surface area (Å²) < 4.78 is 6.66. The van der Waals surface area contributed by atoms with Crippen LogP contribution in [0, 0.1) is 5.41 Å². The maximum atomic E-state index is 11.9. The summed E-state index contributed by atoms with van der Waals surface area (Å²) in [4.78, 5) is 33.6. The van der Waals surface area contributed by atoms with Crippen molar-refractivity contribution < 1.29 is 4.74 Å². The molecule has 2 aromatic carbocycles. The molecule has 0 amide bonds. The van der Waals surface area contributed by atoms with Gasteiger partial charge in [0.05, 0.1) is 22.8 Å². The second-order valence-electron chi connectivity index (χ2n) is 13.1. The summed E-state index contributed by atoms with van der Waals surface area (Å²) in [6, 6.07) is 16.1. The molecular formula is C38H42BrN10O2P. The number of rotatable bonds is 12. The molecule has 0 spiro atoms. The van der Waals surface area contributed by atoms with E-state index in [2.05, 4.69) is 89.2 Å². The smallest absolute Gasteiger partial charge is 0.249 e. The number of pyridine rings is 2. The Kier molecular flexibility index (Phi) is 10.4. The van der Waals surface area contributed by atoms with E-state index in [0.29, 0.717) is 34.7 Å². The van der Waals surface area contributed by atoms with Gasteiger partial charge in [0.25, 0.3) is 0 Å². The van der Waals surface area contributed by atoms with Crippen LogP contribution in [0.2, 0.25) is 0 Å². The van der Waals surface area contributed by atoms with Gasteiger partial charge in [-0.3, -0.25) is 9.78 Å². The number of benzene rings is 2. The Hall–Kier alpha value is -5.00. The predicted molar refractivity (Wildman–Crippen MR) is 219 cm³/mol. The lowest BCUT2D eigenvalue weighted by atomic mass is 10.0. The van der Waals surface area contributed by atoms with Gasteiger partial charge >= 0.3 is 0 Å². The van der Waals surface area contributed by atoms with Crippen LogP contribution >= 0.6 is 23.9 Å². The number of piperazine rings is 1. The SMILES string of the molecule is CN/C=C(\C=N)c1cc(Nc2ncc(Br)c(Nc3ccc4nc(C5CC5)ccc4c3P(C)C)n2)c(OC)cc1N1CCN(c2cc[nH]c(=O)c2)CC1. The number of allylic oxidation sites excluding steroid dienone is 1. The first-order valence-electron chi connectivity index (χ1n) is 17.2. The van der Waals surface area contributed by atoms with Gasteiger partial charge in [0.1, 0.15) is 11.6 Å². The number of hydrogen-bond donors (Lipinski definition) is 5. The summed E-state index contributed by atoms with van der Waals surface area (Å²) in [6.07, 6.45) is 9.02. The minimum Gasteiger partial charge on any atom is -0.494 e. The standard InChI is InChI=1S/C38H42BrN10O2P/c1-41-21-24(20-40)27-18-32(34(51-2)19-33(27)49-15-13-48(14-16-49)25-11-12-42-35(50)17-25)46-38-43-22-28(39)37(47-38)45-31-10-9-30-26(36(31)52(3)4)7-8-29(44-30)23-5-6-23/h7-12,17-23,40-41H,5-6,13-16H2,1-4H3,(H,42,50)(H2,43,45,46,47)/b24-21+,40-20?. The van der Waals surface area contributed by atoms with Gasteiger partial charge in [-0.2, -0.15) is 4.98 Å². The van der Waals surface area contributed by atoms with Crippen LogP contribution in [0.1, 0.15) is 30.0 Å². The van der Waals surface area contributed by atoms with Crippen LogP contribution < -0.4 is 41.4 Å². The van der Waals surface area contributed by atoms with Crippen molar-refractivity contribution in [1.82, 2.24) is 25.3 Å². The largest absolute Gasteiger partial charge is 0.494 e. The molecule has 1 aliphatic heterocycles. The molecule has 0 radical (unpaired) electrons.